The van der Waals surface area contributed by atoms with Gasteiger partial charge in [0.2, 0.25) is 0 Å². The minimum atomic E-state index is 0. The topological polar surface area (TPSA) is 21.8 Å². The molecule has 0 atom stereocenters. The molecule has 0 amide bonds. The summed E-state index contributed by atoms with van der Waals surface area (Å²) < 4.78 is 0. The van der Waals surface area contributed by atoms with E-state index in [9.17, 15) is 0 Å². The number of thioether (sulfide) groups is 2. The van der Waals surface area contributed by atoms with E-state index in [0.717, 1.165) is 12.1 Å². The van der Waals surface area contributed by atoms with Gasteiger partial charge in [-0.2, -0.15) is 23.5 Å². The quantitative estimate of drug-likeness (QED) is 0.588. The molecule has 0 aliphatic carbocycles. The standard InChI is InChI=1S/C20H24N2S.C7H14N2S.2ClH/c1-3-7-17(8-4-1)20(18-9-5-2-6-10-18)22-15-19(16-22)21-11-13-23-14-12-21;1-3-10-4-2-9(1)7-5-8-6-7;;/h1-10,19-20H,11-16H2;7-8H,1-6H2;2*1H. The monoisotopic (exact) mass is 554 g/mol. The Morgan fingerprint density at radius 3 is 1.46 bits per heavy atom. The Balaban J connectivity index is 0.000000241. The van der Waals surface area contributed by atoms with Crippen molar-refractivity contribution in [2.45, 2.75) is 18.1 Å². The van der Waals surface area contributed by atoms with Gasteiger partial charge in [-0.05, 0) is 11.1 Å². The molecule has 4 aliphatic heterocycles. The molecule has 2 aromatic rings. The van der Waals surface area contributed by atoms with E-state index < -0.39 is 0 Å². The van der Waals surface area contributed by atoms with Gasteiger partial charge in [0.1, 0.15) is 0 Å². The first-order valence-electron chi connectivity index (χ1n) is 12.6. The van der Waals surface area contributed by atoms with Gasteiger partial charge in [-0.1, -0.05) is 60.7 Å². The maximum Gasteiger partial charge on any atom is 0.0602 e. The van der Waals surface area contributed by atoms with Gasteiger partial charge in [-0.25, -0.2) is 0 Å². The summed E-state index contributed by atoms with van der Waals surface area (Å²) in [7, 11) is 0. The smallest absolute Gasteiger partial charge is 0.0602 e. The summed E-state index contributed by atoms with van der Waals surface area (Å²) in [4.78, 5) is 7.95. The van der Waals surface area contributed by atoms with Gasteiger partial charge in [0, 0.05) is 87.5 Å². The predicted molar refractivity (Wildman–Crippen MR) is 159 cm³/mol. The third-order valence-corrected chi connectivity index (χ3v) is 9.26. The van der Waals surface area contributed by atoms with Crippen molar-refractivity contribution in [2.75, 3.05) is 75.4 Å². The zero-order valence-corrected chi connectivity index (χ0v) is 23.7. The third-order valence-electron chi connectivity index (χ3n) is 7.37. The van der Waals surface area contributed by atoms with Crippen LogP contribution >= 0.6 is 48.3 Å². The lowest BCUT2D eigenvalue weighted by Gasteiger charge is -2.50. The zero-order valence-electron chi connectivity index (χ0n) is 20.5. The molecule has 8 heteroatoms. The van der Waals surface area contributed by atoms with E-state index in [1.54, 1.807) is 0 Å². The molecule has 0 bridgehead atoms. The van der Waals surface area contributed by atoms with Crippen LogP contribution in [-0.2, 0) is 0 Å². The Hall–Kier alpha value is -0.440. The third kappa shape index (κ3) is 7.78. The van der Waals surface area contributed by atoms with Crippen molar-refractivity contribution in [3.8, 4) is 0 Å². The highest BCUT2D eigenvalue weighted by Crippen LogP contribution is 2.34. The Morgan fingerprint density at radius 1 is 0.629 bits per heavy atom. The first kappa shape index (κ1) is 29.1. The summed E-state index contributed by atoms with van der Waals surface area (Å²) in [5.74, 6) is 5.29. The molecule has 0 unspecified atom stereocenters. The summed E-state index contributed by atoms with van der Waals surface area (Å²) in [6, 6.07) is 23.9. The van der Waals surface area contributed by atoms with Crippen molar-refractivity contribution in [2.24, 2.45) is 0 Å². The molecule has 4 nitrogen and oxygen atoms in total. The van der Waals surface area contributed by atoms with E-state index in [0.29, 0.717) is 6.04 Å². The Bertz CT molecular complexity index is 786. The number of nitrogens with one attached hydrogen (secondary N) is 1. The van der Waals surface area contributed by atoms with Crippen LogP contribution in [0.25, 0.3) is 0 Å². The SMILES string of the molecule is C1CN(C2CNC2)CCS1.Cl.Cl.c1ccc(C(c2ccccc2)N2CC(N3CCSCC3)C2)cc1. The molecule has 4 fully saturated rings. The van der Waals surface area contributed by atoms with E-state index in [2.05, 4.69) is 104 Å². The normalized spacial score (nSPS) is 22.1. The minimum Gasteiger partial charge on any atom is -0.314 e. The summed E-state index contributed by atoms with van der Waals surface area (Å²) in [5, 5.41) is 3.31. The summed E-state index contributed by atoms with van der Waals surface area (Å²) in [6.45, 7) is 10.0. The molecule has 4 heterocycles. The van der Waals surface area contributed by atoms with Crippen molar-refractivity contribution in [3.05, 3.63) is 71.8 Å². The van der Waals surface area contributed by atoms with Crippen LogP contribution in [0, 0.1) is 0 Å². The summed E-state index contributed by atoms with van der Waals surface area (Å²) in [5.41, 5.74) is 2.82. The first-order valence-corrected chi connectivity index (χ1v) is 14.9. The largest absolute Gasteiger partial charge is 0.314 e. The molecular weight excluding hydrogens is 515 g/mol. The second kappa shape index (κ2) is 15.1. The zero-order chi connectivity index (χ0) is 22.3. The lowest BCUT2D eigenvalue weighted by molar-refractivity contribution is 0.0192. The minimum absolute atomic E-state index is 0. The fourth-order valence-corrected chi connectivity index (χ4v) is 7.09. The van der Waals surface area contributed by atoms with Crippen molar-refractivity contribution < 1.29 is 0 Å². The number of hydrogen-bond donors (Lipinski definition) is 1. The molecule has 0 spiro atoms. The highest BCUT2D eigenvalue weighted by molar-refractivity contribution is 7.99. The molecule has 0 aromatic heterocycles. The second-order valence-corrected chi connectivity index (χ2v) is 11.9. The highest BCUT2D eigenvalue weighted by atomic mass is 35.5. The number of halogens is 2. The fourth-order valence-electron chi connectivity index (χ4n) is 5.23. The lowest BCUT2D eigenvalue weighted by Crippen LogP contribution is -2.61. The van der Waals surface area contributed by atoms with Crippen LogP contribution in [0.5, 0.6) is 0 Å². The Kier molecular flexibility index (Phi) is 12.6. The molecular formula is C27H40Cl2N4S2. The molecule has 35 heavy (non-hydrogen) atoms. The van der Waals surface area contributed by atoms with Gasteiger partial charge in [0.05, 0.1) is 6.04 Å². The van der Waals surface area contributed by atoms with Gasteiger partial charge in [0.25, 0.3) is 0 Å². The molecule has 2 aromatic carbocycles. The molecule has 0 radical (unpaired) electrons. The van der Waals surface area contributed by atoms with Crippen LogP contribution in [-0.4, -0.2) is 102 Å². The van der Waals surface area contributed by atoms with Crippen molar-refractivity contribution >= 4 is 48.3 Å². The molecule has 0 saturated carbocycles. The van der Waals surface area contributed by atoms with E-state index in [1.165, 1.54) is 86.5 Å². The molecule has 6 rings (SSSR count). The van der Waals surface area contributed by atoms with Crippen LogP contribution < -0.4 is 5.32 Å². The van der Waals surface area contributed by atoms with E-state index in [-0.39, 0.29) is 24.8 Å². The van der Waals surface area contributed by atoms with Gasteiger partial charge in [-0.3, -0.25) is 14.7 Å². The van der Waals surface area contributed by atoms with Gasteiger partial charge in [0.15, 0.2) is 0 Å². The first-order chi connectivity index (χ1) is 16.4. The summed E-state index contributed by atoms with van der Waals surface area (Å²) >= 11 is 4.18. The van der Waals surface area contributed by atoms with Crippen LogP contribution in [0.2, 0.25) is 0 Å². The number of likely N-dealkylation sites (tertiary alicyclic amines) is 1. The Labute approximate surface area is 232 Å². The predicted octanol–water partition coefficient (Wildman–Crippen LogP) is 4.36. The average molecular weight is 556 g/mol. The van der Waals surface area contributed by atoms with Gasteiger partial charge >= 0.3 is 0 Å². The highest BCUT2D eigenvalue weighted by Gasteiger charge is 2.37. The Morgan fingerprint density at radius 2 is 1.06 bits per heavy atom. The van der Waals surface area contributed by atoms with Gasteiger partial charge < -0.3 is 5.32 Å². The van der Waals surface area contributed by atoms with Crippen LogP contribution in [0.3, 0.4) is 0 Å². The van der Waals surface area contributed by atoms with Gasteiger partial charge in [-0.15, -0.1) is 24.8 Å². The molecule has 4 aliphatic rings. The fraction of sp³-hybridized carbons (Fsp3) is 0.556. The van der Waals surface area contributed by atoms with Crippen LogP contribution in [0.1, 0.15) is 17.2 Å². The number of nitrogens with zero attached hydrogens (tertiary/aromatic N) is 3. The van der Waals surface area contributed by atoms with E-state index >= 15 is 0 Å². The average Bonchev–Trinajstić information content (AvgIpc) is 2.83. The van der Waals surface area contributed by atoms with Crippen molar-refractivity contribution in [3.63, 3.8) is 0 Å². The molecule has 4 saturated heterocycles. The van der Waals surface area contributed by atoms with Crippen molar-refractivity contribution in [1.82, 2.24) is 20.0 Å². The lowest BCUT2D eigenvalue weighted by atomic mass is 9.92. The molecule has 194 valence electrons. The molecule has 1 N–H and O–H groups in total. The van der Waals surface area contributed by atoms with E-state index in [4.69, 9.17) is 0 Å². The van der Waals surface area contributed by atoms with Crippen molar-refractivity contribution in [1.29, 1.82) is 0 Å². The summed E-state index contributed by atoms with van der Waals surface area (Å²) in [6.07, 6.45) is 0. The number of hydrogen-bond acceptors (Lipinski definition) is 6. The second-order valence-electron chi connectivity index (χ2n) is 9.44. The van der Waals surface area contributed by atoms with E-state index in [1.807, 2.05) is 0 Å². The number of benzene rings is 2. The maximum absolute atomic E-state index is 3.31. The number of rotatable bonds is 5. The maximum atomic E-state index is 3.31. The van der Waals surface area contributed by atoms with Crippen LogP contribution in [0.4, 0.5) is 0 Å². The van der Waals surface area contributed by atoms with Crippen LogP contribution in [0.15, 0.2) is 60.7 Å².